The van der Waals surface area contributed by atoms with E-state index in [0.29, 0.717) is 23.0 Å². The molecule has 26 heavy (non-hydrogen) atoms. The zero-order chi connectivity index (χ0) is 17.9. The predicted octanol–water partition coefficient (Wildman–Crippen LogP) is 3.62. The van der Waals surface area contributed by atoms with Crippen molar-refractivity contribution in [2.75, 3.05) is 0 Å². The van der Waals surface area contributed by atoms with Crippen LogP contribution in [-0.2, 0) is 5.75 Å². The Morgan fingerprint density at radius 1 is 1.04 bits per heavy atom. The SMILES string of the molecule is Cc1nnc(SCc2noc(-c3ccccc3O)n2)n1-c1ccccc1. The Morgan fingerprint density at radius 2 is 1.81 bits per heavy atom. The van der Waals surface area contributed by atoms with Crippen molar-refractivity contribution in [3.05, 3.63) is 66.2 Å². The summed E-state index contributed by atoms with van der Waals surface area (Å²) in [5.41, 5.74) is 1.51. The number of phenolic OH excluding ortho intramolecular Hbond substituents is 1. The van der Waals surface area contributed by atoms with Crippen LogP contribution in [0.5, 0.6) is 5.75 Å². The molecule has 0 unspecified atom stereocenters. The molecule has 4 rings (SSSR count). The molecule has 0 aliphatic carbocycles. The summed E-state index contributed by atoms with van der Waals surface area (Å²) in [5, 5.41) is 23.0. The highest BCUT2D eigenvalue weighted by atomic mass is 32.2. The van der Waals surface area contributed by atoms with E-state index < -0.39 is 0 Å². The first-order valence-corrected chi connectivity index (χ1v) is 8.92. The standard InChI is InChI=1S/C18H15N5O2S/c1-12-20-21-18(23(12)13-7-3-2-4-8-13)26-11-16-19-17(25-22-16)14-9-5-6-10-15(14)24/h2-10,24H,11H2,1H3. The molecule has 0 saturated heterocycles. The van der Waals surface area contributed by atoms with E-state index in [0.717, 1.165) is 16.7 Å². The lowest BCUT2D eigenvalue weighted by Gasteiger charge is -2.07. The third kappa shape index (κ3) is 3.18. The first kappa shape index (κ1) is 16.3. The molecule has 2 aromatic carbocycles. The van der Waals surface area contributed by atoms with Gasteiger partial charge in [0.15, 0.2) is 11.0 Å². The molecule has 4 aromatic rings. The van der Waals surface area contributed by atoms with Crippen molar-refractivity contribution in [2.24, 2.45) is 0 Å². The fourth-order valence-electron chi connectivity index (χ4n) is 2.52. The summed E-state index contributed by atoms with van der Waals surface area (Å²) in [4.78, 5) is 4.35. The number of aromatic hydroxyl groups is 1. The molecule has 0 bridgehead atoms. The highest BCUT2D eigenvalue weighted by molar-refractivity contribution is 7.98. The van der Waals surface area contributed by atoms with Gasteiger partial charge in [0.05, 0.1) is 11.3 Å². The molecule has 0 saturated carbocycles. The predicted molar refractivity (Wildman–Crippen MR) is 97.1 cm³/mol. The van der Waals surface area contributed by atoms with Crippen molar-refractivity contribution in [3.63, 3.8) is 0 Å². The van der Waals surface area contributed by atoms with Crippen LogP contribution in [0.3, 0.4) is 0 Å². The zero-order valence-corrected chi connectivity index (χ0v) is 14.7. The van der Waals surface area contributed by atoms with Gasteiger partial charge in [0.25, 0.3) is 5.89 Å². The van der Waals surface area contributed by atoms with Crippen molar-refractivity contribution in [2.45, 2.75) is 17.8 Å². The van der Waals surface area contributed by atoms with E-state index >= 15 is 0 Å². The van der Waals surface area contributed by atoms with Crippen molar-refractivity contribution in [3.8, 4) is 22.9 Å². The van der Waals surface area contributed by atoms with E-state index in [4.69, 9.17) is 4.52 Å². The Hall–Kier alpha value is -3.13. The number of hydrogen-bond acceptors (Lipinski definition) is 7. The molecular weight excluding hydrogens is 350 g/mol. The van der Waals surface area contributed by atoms with Gasteiger partial charge in [0.2, 0.25) is 0 Å². The lowest BCUT2D eigenvalue weighted by Crippen LogP contribution is -1.99. The maximum absolute atomic E-state index is 9.89. The summed E-state index contributed by atoms with van der Waals surface area (Å²) >= 11 is 1.47. The number of thioether (sulfide) groups is 1. The number of para-hydroxylation sites is 2. The van der Waals surface area contributed by atoms with Gasteiger partial charge in [-0.25, -0.2) is 0 Å². The highest BCUT2D eigenvalue weighted by Gasteiger charge is 2.15. The Labute approximate surface area is 153 Å². The first-order valence-electron chi connectivity index (χ1n) is 7.93. The van der Waals surface area contributed by atoms with Gasteiger partial charge in [0.1, 0.15) is 11.6 Å². The molecule has 0 aliphatic heterocycles. The lowest BCUT2D eigenvalue weighted by atomic mass is 10.2. The fraction of sp³-hybridized carbons (Fsp3) is 0.111. The van der Waals surface area contributed by atoms with Crippen molar-refractivity contribution in [1.82, 2.24) is 24.9 Å². The fourth-order valence-corrected chi connectivity index (χ4v) is 3.36. The van der Waals surface area contributed by atoms with Crippen LogP contribution in [0.1, 0.15) is 11.6 Å². The van der Waals surface area contributed by atoms with Gasteiger partial charge in [-0.3, -0.25) is 4.57 Å². The van der Waals surface area contributed by atoms with E-state index in [9.17, 15) is 5.11 Å². The van der Waals surface area contributed by atoms with E-state index in [1.54, 1.807) is 24.3 Å². The highest BCUT2D eigenvalue weighted by Crippen LogP contribution is 2.29. The minimum atomic E-state index is 0.106. The van der Waals surface area contributed by atoms with E-state index in [2.05, 4.69) is 20.3 Å². The van der Waals surface area contributed by atoms with Crippen LogP contribution in [0.2, 0.25) is 0 Å². The minimum Gasteiger partial charge on any atom is -0.507 e. The van der Waals surface area contributed by atoms with E-state index in [1.807, 2.05) is 41.8 Å². The first-order chi connectivity index (χ1) is 12.7. The van der Waals surface area contributed by atoms with Gasteiger partial charge >= 0.3 is 0 Å². The number of rotatable bonds is 5. The molecule has 0 spiro atoms. The Morgan fingerprint density at radius 3 is 2.62 bits per heavy atom. The summed E-state index contributed by atoms with van der Waals surface area (Å²) in [6, 6.07) is 16.8. The van der Waals surface area contributed by atoms with Crippen molar-refractivity contribution < 1.29 is 9.63 Å². The third-order valence-electron chi connectivity index (χ3n) is 3.74. The molecule has 1 N–H and O–H groups in total. The molecule has 0 radical (unpaired) electrons. The number of benzene rings is 2. The quantitative estimate of drug-likeness (QED) is 0.540. The molecule has 2 heterocycles. The Balaban J connectivity index is 1.54. The second-order valence-electron chi connectivity index (χ2n) is 5.52. The van der Waals surface area contributed by atoms with Crippen LogP contribution in [0.4, 0.5) is 0 Å². The van der Waals surface area contributed by atoms with E-state index in [-0.39, 0.29) is 5.75 Å². The normalized spacial score (nSPS) is 11.0. The summed E-state index contributed by atoms with van der Waals surface area (Å²) in [6.07, 6.45) is 0. The largest absolute Gasteiger partial charge is 0.507 e. The maximum atomic E-state index is 9.89. The number of nitrogens with zero attached hydrogens (tertiary/aromatic N) is 5. The van der Waals surface area contributed by atoms with Crippen LogP contribution in [0, 0.1) is 6.92 Å². The zero-order valence-electron chi connectivity index (χ0n) is 13.9. The van der Waals surface area contributed by atoms with Crippen LogP contribution < -0.4 is 0 Å². The number of hydrogen-bond donors (Lipinski definition) is 1. The molecule has 0 amide bonds. The Bertz CT molecular complexity index is 1030. The van der Waals surface area contributed by atoms with Gasteiger partial charge in [0, 0.05) is 5.69 Å². The molecular formula is C18H15N5O2S. The topological polar surface area (TPSA) is 89.9 Å². The second kappa shape index (κ2) is 7.01. The minimum absolute atomic E-state index is 0.106. The molecule has 0 aliphatic rings. The monoisotopic (exact) mass is 365 g/mol. The molecule has 2 aromatic heterocycles. The summed E-state index contributed by atoms with van der Waals surface area (Å²) in [5.74, 6) is 2.20. The molecule has 8 heteroatoms. The Kier molecular flexibility index (Phi) is 4.40. The van der Waals surface area contributed by atoms with Gasteiger partial charge in [-0.05, 0) is 31.2 Å². The third-order valence-corrected chi connectivity index (χ3v) is 4.67. The van der Waals surface area contributed by atoms with Crippen LogP contribution in [0.25, 0.3) is 17.1 Å². The summed E-state index contributed by atoms with van der Waals surface area (Å²) in [6.45, 7) is 1.91. The maximum Gasteiger partial charge on any atom is 0.261 e. The number of phenols is 1. The van der Waals surface area contributed by atoms with Crippen LogP contribution in [0.15, 0.2) is 64.3 Å². The van der Waals surface area contributed by atoms with Crippen LogP contribution in [-0.4, -0.2) is 30.0 Å². The van der Waals surface area contributed by atoms with Gasteiger partial charge < -0.3 is 9.63 Å². The average Bonchev–Trinajstić information content (AvgIpc) is 3.28. The molecule has 0 fully saturated rings. The summed E-state index contributed by atoms with van der Waals surface area (Å²) in [7, 11) is 0. The van der Waals surface area contributed by atoms with Crippen molar-refractivity contribution >= 4 is 11.8 Å². The average molecular weight is 365 g/mol. The van der Waals surface area contributed by atoms with E-state index in [1.165, 1.54) is 11.8 Å². The van der Waals surface area contributed by atoms with Crippen molar-refractivity contribution in [1.29, 1.82) is 0 Å². The number of aryl methyl sites for hydroxylation is 1. The molecule has 130 valence electrons. The lowest BCUT2D eigenvalue weighted by molar-refractivity contribution is 0.419. The second-order valence-corrected chi connectivity index (χ2v) is 6.46. The molecule has 0 atom stereocenters. The van der Waals surface area contributed by atoms with Gasteiger partial charge in [-0.1, -0.05) is 47.3 Å². The summed E-state index contributed by atoms with van der Waals surface area (Å²) < 4.78 is 7.24. The van der Waals surface area contributed by atoms with Gasteiger partial charge in [-0.15, -0.1) is 10.2 Å². The van der Waals surface area contributed by atoms with Crippen LogP contribution >= 0.6 is 11.8 Å². The van der Waals surface area contributed by atoms with Gasteiger partial charge in [-0.2, -0.15) is 4.98 Å². The smallest absolute Gasteiger partial charge is 0.261 e. The molecule has 7 nitrogen and oxygen atoms in total. The number of aromatic nitrogens is 5.